The van der Waals surface area contributed by atoms with Gasteiger partial charge in [-0.2, -0.15) is 0 Å². The first-order valence-corrected chi connectivity index (χ1v) is 6.01. The van der Waals surface area contributed by atoms with E-state index >= 15 is 0 Å². The highest BCUT2D eigenvalue weighted by Gasteiger charge is 2.18. The molecule has 0 atom stereocenters. The number of para-hydroxylation sites is 1. The number of carbonyl (C=O) groups is 1. The van der Waals surface area contributed by atoms with Gasteiger partial charge in [0.15, 0.2) is 6.61 Å². The van der Waals surface area contributed by atoms with Crippen molar-refractivity contribution >= 4 is 11.5 Å². The van der Waals surface area contributed by atoms with Crippen molar-refractivity contribution < 1.29 is 14.5 Å². The number of aryl methyl sites for hydroxylation is 2. The number of hydrogen-bond acceptors (Lipinski definition) is 4. The van der Waals surface area contributed by atoms with Crippen molar-refractivity contribution in [2.45, 2.75) is 6.92 Å². The van der Waals surface area contributed by atoms with Crippen LogP contribution < -0.4 is 4.74 Å². The van der Waals surface area contributed by atoms with Gasteiger partial charge < -0.3 is 9.30 Å². The Hall–Kier alpha value is -2.63. The number of carbonyl (C=O) groups excluding carboxylic acids is 1. The number of rotatable bonds is 5. The van der Waals surface area contributed by atoms with Gasteiger partial charge in [0.2, 0.25) is 11.5 Å². The van der Waals surface area contributed by atoms with Gasteiger partial charge in [-0.1, -0.05) is 12.1 Å². The maximum Gasteiger partial charge on any atom is 0.311 e. The van der Waals surface area contributed by atoms with E-state index in [4.69, 9.17) is 4.74 Å². The van der Waals surface area contributed by atoms with Crippen LogP contribution in [-0.2, 0) is 7.05 Å². The summed E-state index contributed by atoms with van der Waals surface area (Å²) in [5, 5.41) is 10.9. The molecule has 0 aliphatic carbocycles. The Morgan fingerprint density at radius 3 is 2.75 bits per heavy atom. The number of aromatic nitrogens is 1. The number of hydrogen-bond donors (Lipinski definition) is 0. The first kappa shape index (κ1) is 13.8. The minimum Gasteiger partial charge on any atom is -0.478 e. The number of ether oxygens (including phenoxy) is 1. The van der Waals surface area contributed by atoms with Gasteiger partial charge in [0.1, 0.15) is 0 Å². The SMILES string of the molecule is Cc1cccc([N+](=O)[O-])c1OCC(=O)c1ccn(C)c1. The lowest BCUT2D eigenvalue weighted by atomic mass is 10.2. The molecule has 0 saturated heterocycles. The summed E-state index contributed by atoms with van der Waals surface area (Å²) in [7, 11) is 1.81. The second kappa shape index (κ2) is 5.56. The molecule has 104 valence electrons. The number of ketones is 1. The van der Waals surface area contributed by atoms with Crippen molar-refractivity contribution in [1.82, 2.24) is 4.57 Å². The van der Waals surface area contributed by atoms with E-state index in [2.05, 4.69) is 0 Å². The monoisotopic (exact) mass is 274 g/mol. The molecule has 0 bridgehead atoms. The standard InChI is InChI=1S/C14H14N2O4/c1-10-4-3-5-12(16(18)19)14(10)20-9-13(17)11-6-7-15(2)8-11/h3-8H,9H2,1-2H3. The third kappa shape index (κ3) is 2.85. The highest BCUT2D eigenvalue weighted by molar-refractivity contribution is 5.97. The van der Waals surface area contributed by atoms with Crippen LogP contribution in [0.3, 0.4) is 0 Å². The van der Waals surface area contributed by atoms with Gasteiger partial charge in [-0.05, 0) is 18.6 Å². The average molecular weight is 274 g/mol. The Morgan fingerprint density at radius 1 is 1.40 bits per heavy atom. The molecule has 0 spiro atoms. The summed E-state index contributed by atoms with van der Waals surface area (Å²) in [6.45, 7) is 1.48. The molecule has 2 rings (SSSR count). The molecule has 0 unspecified atom stereocenters. The van der Waals surface area contributed by atoms with Gasteiger partial charge in [0.05, 0.1) is 4.92 Å². The summed E-state index contributed by atoms with van der Waals surface area (Å²) in [6, 6.07) is 6.32. The molecule has 0 saturated carbocycles. The van der Waals surface area contributed by atoms with E-state index in [1.54, 1.807) is 42.1 Å². The molecular formula is C14H14N2O4. The molecule has 1 aromatic carbocycles. The number of nitro benzene ring substituents is 1. The van der Waals surface area contributed by atoms with Crippen molar-refractivity contribution in [2.75, 3.05) is 6.61 Å². The smallest absolute Gasteiger partial charge is 0.311 e. The molecule has 0 N–H and O–H groups in total. The number of nitrogens with zero attached hydrogens (tertiary/aromatic N) is 2. The van der Waals surface area contributed by atoms with Crippen molar-refractivity contribution in [3.8, 4) is 5.75 Å². The van der Waals surface area contributed by atoms with Crippen LogP contribution in [0, 0.1) is 17.0 Å². The molecule has 0 fully saturated rings. The van der Waals surface area contributed by atoms with Crippen LogP contribution in [-0.4, -0.2) is 21.9 Å². The highest BCUT2D eigenvalue weighted by atomic mass is 16.6. The minimum atomic E-state index is -0.519. The van der Waals surface area contributed by atoms with Crippen LogP contribution >= 0.6 is 0 Å². The maximum absolute atomic E-state index is 11.9. The third-order valence-corrected chi connectivity index (χ3v) is 2.89. The molecule has 6 heteroatoms. The fourth-order valence-electron chi connectivity index (χ4n) is 1.86. The normalized spacial score (nSPS) is 10.3. The third-order valence-electron chi connectivity index (χ3n) is 2.89. The predicted molar refractivity (Wildman–Crippen MR) is 73.1 cm³/mol. The Morgan fingerprint density at radius 2 is 2.15 bits per heavy atom. The minimum absolute atomic E-state index is 0.133. The van der Waals surface area contributed by atoms with Gasteiger partial charge >= 0.3 is 5.69 Å². The van der Waals surface area contributed by atoms with Crippen LogP contribution in [0.15, 0.2) is 36.7 Å². The van der Waals surface area contributed by atoms with Crippen molar-refractivity contribution in [1.29, 1.82) is 0 Å². The molecule has 0 radical (unpaired) electrons. The van der Waals surface area contributed by atoms with Crippen LogP contribution in [0.2, 0.25) is 0 Å². The molecule has 1 heterocycles. The zero-order valence-electron chi connectivity index (χ0n) is 11.2. The van der Waals surface area contributed by atoms with E-state index in [1.807, 2.05) is 7.05 Å². The molecule has 0 aliphatic rings. The summed E-state index contributed by atoms with van der Waals surface area (Å²) in [5.41, 5.74) is 1.01. The van der Waals surface area contributed by atoms with Crippen molar-refractivity contribution in [3.63, 3.8) is 0 Å². The summed E-state index contributed by atoms with van der Waals surface area (Å²) in [5.74, 6) is -0.0788. The topological polar surface area (TPSA) is 74.4 Å². The Bertz CT molecular complexity index is 661. The number of nitro groups is 1. The van der Waals surface area contributed by atoms with Crippen molar-refractivity contribution in [2.24, 2.45) is 7.05 Å². The molecule has 6 nitrogen and oxygen atoms in total. The Balaban J connectivity index is 2.15. The van der Waals surface area contributed by atoms with E-state index in [-0.39, 0.29) is 23.8 Å². The number of Topliss-reactive ketones (excluding diaryl/α,β-unsaturated/α-hetero) is 1. The maximum atomic E-state index is 11.9. The lowest BCUT2D eigenvalue weighted by molar-refractivity contribution is -0.385. The largest absolute Gasteiger partial charge is 0.478 e. The zero-order valence-corrected chi connectivity index (χ0v) is 11.2. The van der Waals surface area contributed by atoms with E-state index in [9.17, 15) is 14.9 Å². The summed E-state index contributed by atoms with van der Waals surface area (Å²) in [6.07, 6.45) is 3.43. The van der Waals surface area contributed by atoms with E-state index in [1.165, 1.54) is 6.07 Å². The molecule has 0 aliphatic heterocycles. The van der Waals surface area contributed by atoms with Crippen molar-refractivity contribution in [3.05, 3.63) is 57.9 Å². The van der Waals surface area contributed by atoms with E-state index in [0.29, 0.717) is 11.1 Å². The summed E-state index contributed by atoms with van der Waals surface area (Å²) >= 11 is 0. The van der Waals surface area contributed by atoms with Gasteiger partial charge in [-0.15, -0.1) is 0 Å². The molecule has 0 amide bonds. The lowest BCUT2D eigenvalue weighted by Crippen LogP contribution is -2.12. The first-order valence-electron chi connectivity index (χ1n) is 6.01. The number of benzene rings is 1. The average Bonchev–Trinajstić information content (AvgIpc) is 2.83. The fourth-order valence-corrected chi connectivity index (χ4v) is 1.86. The zero-order chi connectivity index (χ0) is 14.7. The fraction of sp³-hybridized carbons (Fsp3) is 0.214. The highest BCUT2D eigenvalue weighted by Crippen LogP contribution is 2.30. The van der Waals surface area contributed by atoms with Gasteiger partial charge in [0.25, 0.3) is 0 Å². The lowest BCUT2D eigenvalue weighted by Gasteiger charge is -2.08. The van der Waals surface area contributed by atoms with Crippen LogP contribution in [0.4, 0.5) is 5.69 Å². The Labute approximate surface area is 115 Å². The van der Waals surface area contributed by atoms with E-state index < -0.39 is 4.92 Å². The van der Waals surface area contributed by atoms with E-state index in [0.717, 1.165) is 0 Å². The second-order valence-electron chi connectivity index (χ2n) is 4.46. The van der Waals surface area contributed by atoms with Gasteiger partial charge in [0, 0.05) is 31.1 Å². The van der Waals surface area contributed by atoms with Gasteiger partial charge in [-0.25, -0.2) is 0 Å². The molecule has 1 aromatic heterocycles. The summed E-state index contributed by atoms with van der Waals surface area (Å²) in [4.78, 5) is 22.3. The van der Waals surface area contributed by atoms with Crippen LogP contribution in [0.25, 0.3) is 0 Å². The molecule has 2 aromatic rings. The predicted octanol–water partition coefficient (Wildman–Crippen LogP) is 2.50. The van der Waals surface area contributed by atoms with Crippen LogP contribution in [0.1, 0.15) is 15.9 Å². The summed E-state index contributed by atoms with van der Waals surface area (Å²) < 4.78 is 7.11. The molecular weight excluding hydrogens is 260 g/mol. The second-order valence-corrected chi connectivity index (χ2v) is 4.46. The Kier molecular flexibility index (Phi) is 3.84. The first-order chi connectivity index (χ1) is 9.49. The van der Waals surface area contributed by atoms with Crippen LogP contribution in [0.5, 0.6) is 5.75 Å². The van der Waals surface area contributed by atoms with Gasteiger partial charge in [-0.3, -0.25) is 14.9 Å². The molecule has 20 heavy (non-hydrogen) atoms. The quantitative estimate of drug-likeness (QED) is 0.477.